The Labute approximate surface area is 487 Å². The van der Waals surface area contributed by atoms with Gasteiger partial charge in [-0.15, -0.1) is 0 Å². The molecule has 6 nitrogen and oxygen atoms in total. The molecule has 0 aliphatic rings. The van der Waals surface area contributed by atoms with Crippen LogP contribution in [0.1, 0.15) is 92.7 Å². The third-order valence-electron chi connectivity index (χ3n) is 15.1. The van der Waals surface area contributed by atoms with Crippen molar-refractivity contribution in [2.75, 3.05) is 0 Å². The van der Waals surface area contributed by atoms with Crippen molar-refractivity contribution in [1.29, 1.82) is 0 Å². The van der Waals surface area contributed by atoms with Gasteiger partial charge >= 0.3 is 392 Å². The van der Waals surface area contributed by atoms with Crippen molar-refractivity contribution < 1.29 is 37.8 Å². The molecule has 392 valence electrons. The Morgan fingerprint density at radius 3 is 1.52 bits per heavy atom. The fourth-order valence-electron chi connectivity index (χ4n) is 11.0. The predicted molar refractivity (Wildman–Crippen MR) is 326 cm³/mol. The van der Waals surface area contributed by atoms with Crippen LogP contribution in [0.2, 0.25) is 0 Å². The Morgan fingerprint density at radius 1 is 0.405 bits per heavy atom. The van der Waals surface area contributed by atoms with Gasteiger partial charge in [0.2, 0.25) is 0 Å². The minimum absolute atomic E-state index is 0.106. The number of benzene rings is 9. The number of fused-ring (bicyclic) bond motifs is 7. The Kier molecular flexibility index (Phi) is 9.59. The maximum atomic E-state index is 9.72. The van der Waals surface area contributed by atoms with E-state index in [1.54, 1.807) is 0 Å². The molecule has 4 heterocycles. The van der Waals surface area contributed by atoms with Crippen LogP contribution in [0.4, 0.5) is 0 Å². The molecule has 0 unspecified atom stereocenters. The average molecular weight is 1220 g/mol. The zero-order valence-corrected chi connectivity index (χ0v) is 47.7. The van der Waals surface area contributed by atoms with E-state index in [9.17, 15) is 5.48 Å². The molecule has 13 aromatic rings. The first-order valence-electron chi connectivity index (χ1n) is 31.5. The third kappa shape index (κ3) is 8.78. The van der Waals surface area contributed by atoms with E-state index < -0.39 is 60.4 Å². The van der Waals surface area contributed by atoms with Crippen molar-refractivity contribution in [1.82, 2.24) is 23.3 Å². The summed E-state index contributed by atoms with van der Waals surface area (Å²) in [6.07, 6.45) is 1.86. The summed E-state index contributed by atoms with van der Waals surface area (Å²) in [7, 11) is 0. The van der Waals surface area contributed by atoms with Crippen molar-refractivity contribution in [2.45, 2.75) is 78.6 Å². The van der Waals surface area contributed by atoms with E-state index in [1.807, 2.05) is 100 Å². The fourth-order valence-corrected chi connectivity index (χ4v) is 12.1. The standard InChI is InChI=1S/C72H63N5O.Pt/c1-70(2,3)49-31-35-63-60(39-49)61-40-50(71(4,5)6)32-36-64(61)76(63)53-43-58(47-21-12-10-13-22-47)69(59(44-53)48-23-14-11-15-24-48)75-46-74(65-29-18-19-30-66(65)75)52-25-20-26-54(42-52)78-55-33-34-57-56-27-16-17-28-62(56)77(67(57)45-55)68-41-51(37-38-73-68)72(7,8)9;/h10-45H,1-9H3;/i10D,11D,12D,13D,14D,15D,21D,22D,23D,24D;. The van der Waals surface area contributed by atoms with Gasteiger partial charge in [-0.2, -0.15) is 0 Å². The first-order valence-corrected chi connectivity index (χ1v) is 27.7. The molecule has 0 saturated carbocycles. The van der Waals surface area contributed by atoms with Crippen LogP contribution >= 0.6 is 0 Å². The van der Waals surface area contributed by atoms with E-state index in [-0.39, 0.29) is 44.2 Å². The van der Waals surface area contributed by atoms with Crippen LogP contribution < -0.4 is 4.74 Å². The molecule has 0 fully saturated rings. The molecule has 7 heteroatoms. The Bertz CT molecular complexity index is 5010. The maximum absolute atomic E-state index is 9.72. The van der Waals surface area contributed by atoms with Crippen LogP contribution in [0.15, 0.2) is 218 Å². The van der Waals surface area contributed by atoms with Gasteiger partial charge in [-0.3, -0.25) is 0 Å². The van der Waals surface area contributed by atoms with Gasteiger partial charge in [-0.1, -0.05) is 74.4 Å². The van der Waals surface area contributed by atoms with Gasteiger partial charge in [0.05, 0.1) is 0 Å². The number of hydrogen-bond acceptors (Lipinski definition) is 2. The minimum atomic E-state index is -0.578. The van der Waals surface area contributed by atoms with E-state index in [0.29, 0.717) is 37.7 Å². The van der Waals surface area contributed by atoms with Crippen LogP contribution in [0.5, 0.6) is 11.5 Å². The normalized spacial score (nSPS) is 14.2. The number of imidazole rings is 1. The summed E-state index contributed by atoms with van der Waals surface area (Å²) >= 11 is 2.22. The molecule has 0 aliphatic heterocycles. The summed E-state index contributed by atoms with van der Waals surface area (Å²) in [5.74, 6) is 1.91. The second-order valence-corrected chi connectivity index (χ2v) is 24.4. The molecule has 79 heavy (non-hydrogen) atoms. The van der Waals surface area contributed by atoms with Crippen LogP contribution in [-0.2, 0) is 35.6 Å². The molecule has 0 radical (unpaired) electrons. The van der Waals surface area contributed by atoms with E-state index in [1.165, 1.54) is 0 Å². The molecule has 0 N–H and O–H groups in total. The van der Waals surface area contributed by atoms with Crippen molar-refractivity contribution >= 4 is 54.6 Å². The zero-order valence-electron chi connectivity index (χ0n) is 55.5. The Hall–Kier alpha value is -8.31. The van der Waals surface area contributed by atoms with E-state index in [0.717, 1.165) is 66.1 Å². The number of pyridine rings is 1. The molecule has 0 amide bonds. The van der Waals surface area contributed by atoms with Gasteiger partial charge in [0.1, 0.15) is 0 Å². The number of rotatable bonds is 8. The van der Waals surface area contributed by atoms with Crippen LogP contribution in [-0.4, -0.2) is 23.3 Å². The van der Waals surface area contributed by atoms with Gasteiger partial charge in [0.25, 0.3) is 0 Å². The summed E-state index contributed by atoms with van der Waals surface area (Å²) in [6.45, 7) is 19.6. The van der Waals surface area contributed by atoms with Gasteiger partial charge in [0.15, 0.2) is 0 Å². The fraction of sp³-hybridized carbons (Fsp3) is 0.167. The molecule has 13 rings (SSSR count). The molecule has 0 bridgehead atoms. The molecule has 0 spiro atoms. The van der Waals surface area contributed by atoms with Gasteiger partial charge in [0, 0.05) is 6.20 Å². The van der Waals surface area contributed by atoms with E-state index in [2.05, 4.69) is 158 Å². The Morgan fingerprint density at radius 2 is 0.924 bits per heavy atom. The zero-order chi connectivity index (χ0) is 63.2. The second-order valence-electron chi connectivity index (χ2n) is 23.4. The average Bonchev–Trinajstić information content (AvgIpc) is 1.68. The number of aromatic nitrogens is 5. The summed E-state index contributed by atoms with van der Waals surface area (Å²) < 4.78 is 109. The summed E-state index contributed by atoms with van der Waals surface area (Å²) in [6, 6.07) is 44.9. The molecular formula is C72H63N5OPt. The second kappa shape index (κ2) is 19.0. The quantitative estimate of drug-likeness (QED) is 0.152. The molecule has 4 aromatic heterocycles. The number of nitrogens with zero attached hydrogens (tertiary/aromatic N) is 5. The number of hydrogen-bond donors (Lipinski definition) is 0. The van der Waals surface area contributed by atoms with E-state index in [4.69, 9.17) is 17.9 Å². The van der Waals surface area contributed by atoms with E-state index >= 15 is 0 Å². The molecule has 9 aromatic carbocycles. The van der Waals surface area contributed by atoms with Gasteiger partial charge < -0.3 is 0 Å². The van der Waals surface area contributed by atoms with Crippen LogP contribution in [0, 0.1) is 3.80 Å². The SMILES string of the molecule is [2H]c1c([2H])c([2H])c(-c2cc(-n3c4ccc(C(C)(C)C)cc4c4cc(C(C)(C)C)ccc43)cc(-c3c([2H])c([2H])c([2H])c([2H])c3[2H])c2-n2[c](=[Pt])n(-c3cccc(Oc4ccc5c6ccccc6n(-c6cc(C(C)(C)C)ccn6)c5c4)c3)c3ccccc32)c([2H])c1[2H]. The predicted octanol–water partition coefficient (Wildman–Crippen LogP) is 19.1. The number of ether oxygens (including phenoxy) is 1. The van der Waals surface area contributed by atoms with Crippen molar-refractivity contribution in [3.05, 3.63) is 239 Å². The van der Waals surface area contributed by atoms with Crippen LogP contribution in [0.25, 0.3) is 99.8 Å². The first-order chi connectivity index (χ1) is 42.1. The van der Waals surface area contributed by atoms with Crippen LogP contribution in [0.3, 0.4) is 0 Å². The van der Waals surface area contributed by atoms with Gasteiger partial charge in [-0.05, 0) is 17.0 Å². The molecule has 0 atom stereocenters. The summed E-state index contributed by atoms with van der Waals surface area (Å²) in [4.78, 5) is 4.88. The first kappa shape index (κ1) is 40.0. The topological polar surface area (TPSA) is 41.8 Å². The van der Waals surface area contributed by atoms with Gasteiger partial charge in [-0.25, -0.2) is 0 Å². The molecule has 0 saturated heterocycles. The summed E-state index contributed by atoms with van der Waals surface area (Å²) in [5.41, 5.74) is 9.06. The van der Waals surface area contributed by atoms with Crippen molar-refractivity contribution in [3.63, 3.8) is 0 Å². The molecular weight excluding hydrogens is 1150 g/mol. The number of para-hydroxylation sites is 3. The summed E-state index contributed by atoms with van der Waals surface area (Å²) in [5, 5.41) is 4.04. The molecule has 0 aliphatic carbocycles. The monoisotopic (exact) mass is 1220 g/mol. The Balaban J connectivity index is 1.08. The third-order valence-corrected chi connectivity index (χ3v) is 16.1. The van der Waals surface area contributed by atoms with Crippen molar-refractivity contribution in [2.24, 2.45) is 0 Å². The van der Waals surface area contributed by atoms with Crippen molar-refractivity contribution in [3.8, 4) is 56.6 Å².